The summed E-state index contributed by atoms with van der Waals surface area (Å²) in [7, 11) is 0. The maximum atomic E-state index is 5.44. The Kier molecular flexibility index (Phi) is 1.68. The van der Waals surface area contributed by atoms with Crippen LogP contribution in [0.25, 0.3) is 0 Å². The van der Waals surface area contributed by atoms with Crippen LogP contribution in [0.15, 0.2) is 35.8 Å². The molecule has 0 aromatic carbocycles. The minimum absolute atomic E-state index is 0.775. The molecule has 0 bridgehead atoms. The van der Waals surface area contributed by atoms with Crippen molar-refractivity contribution in [3.63, 3.8) is 0 Å². The lowest BCUT2D eigenvalue weighted by molar-refractivity contribution is 0.206. The van der Waals surface area contributed by atoms with Gasteiger partial charge in [0.2, 0.25) is 0 Å². The summed E-state index contributed by atoms with van der Waals surface area (Å²) in [5.41, 5.74) is 1.12. The van der Waals surface area contributed by atoms with Gasteiger partial charge in [-0.3, -0.25) is 0 Å². The largest absolute Gasteiger partial charge is 0.490 e. The third-order valence-corrected chi connectivity index (χ3v) is 1.77. The van der Waals surface area contributed by atoms with Crippen LogP contribution < -0.4 is 5.32 Å². The van der Waals surface area contributed by atoms with E-state index >= 15 is 0 Å². The predicted octanol–water partition coefficient (Wildman–Crippen LogP) is 1.33. The summed E-state index contributed by atoms with van der Waals surface area (Å²) in [5, 5.41) is 3.28. The Morgan fingerprint density at radius 2 is 2.18 bits per heavy atom. The quantitative estimate of drug-likeness (QED) is 0.561. The molecule has 0 aromatic heterocycles. The van der Waals surface area contributed by atoms with Gasteiger partial charge >= 0.3 is 0 Å². The van der Waals surface area contributed by atoms with Gasteiger partial charge < -0.3 is 10.1 Å². The molecule has 0 radical (unpaired) electrons. The minimum atomic E-state index is 0.775. The van der Waals surface area contributed by atoms with Crippen LogP contribution in [0.5, 0.6) is 0 Å². The molecular formula is C9H11NO. The topological polar surface area (TPSA) is 21.3 Å². The van der Waals surface area contributed by atoms with Gasteiger partial charge in [0, 0.05) is 6.54 Å². The highest BCUT2D eigenvalue weighted by atomic mass is 16.5. The van der Waals surface area contributed by atoms with Crippen molar-refractivity contribution in [3.8, 4) is 0 Å². The van der Waals surface area contributed by atoms with E-state index in [2.05, 4.69) is 23.5 Å². The van der Waals surface area contributed by atoms with E-state index in [1.165, 1.54) is 0 Å². The maximum Gasteiger partial charge on any atom is 0.142 e. The fraction of sp³-hybridized carbons (Fsp3) is 0.333. The number of hydrogen-bond donors (Lipinski definition) is 1. The van der Waals surface area contributed by atoms with Crippen LogP contribution in [-0.4, -0.2) is 13.2 Å². The fourth-order valence-corrected chi connectivity index (χ4v) is 1.23. The summed E-state index contributed by atoms with van der Waals surface area (Å²) in [4.78, 5) is 0. The highest BCUT2D eigenvalue weighted by molar-refractivity contribution is 5.32. The molecule has 0 fully saturated rings. The molecule has 1 aliphatic carbocycles. The van der Waals surface area contributed by atoms with Gasteiger partial charge in [0.1, 0.15) is 12.4 Å². The average Bonchev–Trinajstić information content (AvgIpc) is 2.28. The van der Waals surface area contributed by atoms with Crippen LogP contribution in [0.1, 0.15) is 6.42 Å². The molecule has 0 amide bonds. The highest BCUT2D eigenvalue weighted by Crippen LogP contribution is 2.14. The smallest absolute Gasteiger partial charge is 0.142 e. The molecule has 2 heteroatoms. The molecule has 1 aliphatic heterocycles. The van der Waals surface area contributed by atoms with E-state index in [0.717, 1.165) is 31.0 Å². The maximum absolute atomic E-state index is 5.44. The van der Waals surface area contributed by atoms with Crippen molar-refractivity contribution in [3.05, 3.63) is 35.8 Å². The van der Waals surface area contributed by atoms with E-state index in [1.807, 2.05) is 6.08 Å². The normalized spacial score (nSPS) is 21.8. The summed E-state index contributed by atoms with van der Waals surface area (Å²) in [6.45, 7) is 1.69. The zero-order chi connectivity index (χ0) is 7.52. The van der Waals surface area contributed by atoms with E-state index in [4.69, 9.17) is 4.74 Å². The predicted molar refractivity (Wildman–Crippen MR) is 43.9 cm³/mol. The Balaban J connectivity index is 2.31. The molecule has 0 spiro atoms. The Morgan fingerprint density at radius 1 is 1.27 bits per heavy atom. The zero-order valence-electron chi connectivity index (χ0n) is 6.34. The second-order valence-electron chi connectivity index (χ2n) is 2.59. The lowest BCUT2D eigenvalue weighted by Gasteiger charge is -2.18. The zero-order valence-corrected chi connectivity index (χ0v) is 6.34. The molecule has 0 unspecified atom stereocenters. The number of ether oxygens (including phenoxy) is 1. The number of allylic oxidation sites excluding steroid dienone is 4. The lowest BCUT2D eigenvalue weighted by Crippen LogP contribution is -2.24. The van der Waals surface area contributed by atoms with E-state index in [0.29, 0.717) is 0 Å². The van der Waals surface area contributed by atoms with Gasteiger partial charge in [-0.1, -0.05) is 12.2 Å². The summed E-state index contributed by atoms with van der Waals surface area (Å²) < 4.78 is 5.44. The fourth-order valence-electron chi connectivity index (χ4n) is 1.23. The molecule has 2 rings (SSSR count). The first-order valence-electron chi connectivity index (χ1n) is 3.91. The second kappa shape index (κ2) is 2.82. The summed E-state index contributed by atoms with van der Waals surface area (Å²) in [6, 6.07) is 0. The molecule has 58 valence electrons. The van der Waals surface area contributed by atoms with Crippen molar-refractivity contribution in [2.24, 2.45) is 0 Å². The number of rotatable bonds is 0. The average molecular weight is 149 g/mol. The molecular weight excluding hydrogens is 138 g/mol. The monoisotopic (exact) mass is 149 g/mol. The van der Waals surface area contributed by atoms with E-state index in [-0.39, 0.29) is 0 Å². The van der Waals surface area contributed by atoms with Gasteiger partial charge in [-0.05, 0) is 18.6 Å². The highest BCUT2D eigenvalue weighted by Gasteiger charge is 2.08. The van der Waals surface area contributed by atoms with Gasteiger partial charge in [0.05, 0.1) is 5.70 Å². The van der Waals surface area contributed by atoms with Crippen molar-refractivity contribution >= 4 is 0 Å². The van der Waals surface area contributed by atoms with Crippen molar-refractivity contribution < 1.29 is 4.74 Å². The van der Waals surface area contributed by atoms with Crippen molar-refractivity contribution in [1.82, 2.24) is 5.32 Å². The van der Waals surface area contributed by atoms with Gasteiger partial charge in [0.25, 0.3) is 0 Å². The van der Waals surface area contributed by atoms with Crippen molar-refractivity contribution in [1.29, 1.82) is 0 Å². The van der Waals surface area contributed by atoms with Crippen LogP contribution in [0.4, 0.5) is 0 Å². The number of hydrogen-bond acceptors (Lipinski definition) is 2. The second-order valence-corrected chi connectivity index (χ2v) is 2.59. The Labute approximate surface area is 66.2 Å². The Morgan fingerprint density at radius 3 is 3.18 bits per heavy atom. The summed E-state index contributed by atoms with van der Waals surface area (Å²) in [5.74, 6) is 0.977. The first-order valence-corrected chi connectivity index (χ1v) is 3.91. The molecule has 2 aliphatic rings. The molecule has 0 atom stereocenters. The van der Waals surface area contributed by atoms with Crippen LogP contribution in [0.2, 0.25) is 0 Å². The minimum Gasteiger partial charge on any atom is -0.490 e. The standard InChI is InChI=1S/C9H11NO/c1-2-4-8-9(5-3-1)11-7-6-10-8/h2-5,10H,1,6-7H2. The molecule has 2 nitrogen and oxygen atoms in total. The molecule has 0 saturated carbocycles. The SMILES string of the molecule is C1=CC2=C(C=CC1)OCCN2. The van der Waals surface area contributed by atoms with Crippen LogP contribution in [-0.2, 0) is 4.74 Å². The first kappa shape index (κ1) is 6.53. The van der Waals surface area contributed by atoms with Crippen LogP contribution in [0, 0.1) is 0 Å². The Bertz CT molecular complexity index is 214. The van der Waals surface area contributed by atoms with Crippen LogP contribution >= 0.6 is 0 Å². The van der Waals surface area contributed by atoms with Gasteiger partial charge in [-0.15, -0.1) is 0 Å². The van der Waals surface area contributed by atoms with E-state index in [1.54, 1.807) is 0 Å². The Hall–Kier alpha value is -1.18. The summed E-state index contributed by atoms with van der Waals surface area (Å²) in [6.07, 6.45) is 9.33. The third kappa shape index (κ3) is 1.29. The van der Waals surface area contributed by atoms with E-state index in [9.17, 15) is 0 Å². The number of nitrogens with one attached hydrogen (secondary N) is 1. The van der Waals surface area contributed by atoms with Crippen molar-refractivity contribution in [2.75, 3.05) is 13.2 Å². The van der Waals surface area contributed by atoms with Gasteiger partial charge in [-0.2, -0.15) is 0 Å². The summed E-state index contributed by atoms with van der Waals surface area (Å²) >= 11 is 0. The van der Waals surface area contributed by atoms with Gasteiger partial charge in [0.15, 0.2) is 0 Å². The molecule has 0 saturated heterocycles. The van der Waals surface area contributed by atoms with Crippen LogP contribution in [0.3, 0.4) is 0 Å². The third-order valence-electron chi connectivity index (χ3n) is 1.77. The van der Waals surface area contributed by atoms with Gasteiger partial charge in [-0.25, -0.2) is 0 Å². The molecule has 1 N–H and O–H groups in total. The molecule has 1 heterocycles. The molecule has 0 aromatic rings. The first-order chi connectivity index (χ1) is 5.47. The lowest BCUT2D eigenvalue weighted by atomic mass is 10.3. The van der Waals surface area contributed by atoms with E-state index < -0.39 is 0 Å². The molecule has 11 heavy (non-hydrogen) atoms. The van der Waals surface area contributed by atoms with Crippen molar-refractivity contribution in [2.45, 2.75) is 6.42 Å².